The number of aliphatic carboxylic acids is 1. The maximum Gasteiger partial charge on any atom is 0.306 e. The Morgan fingerprint density at radius 2 is 1.80 bits per heavy atom. The first-order valence-corrected chi connectivity index (χ1v) is 6.94. The normalized spacial score (nSPS) is 23.9. The summed E-state index contributed by atoms with van der Waals surface area (Å²) in [4.78, 5) is 33.1. The number of amides is 2. The van der Waals surface area contributed by atoms with E-state index >= 15 is 0 Å². The minimum Gasteiger partial charge on any atom is -0.481 e. The van der Waals surface area contributed by atoms with Gasteiger partial charge in [-0.15, -0.1) is 0 Å². The van der Waals surface area contributed by atoms with E-state index in [0.717, 1.165) is 12.8 Å². The van der Waals surface area contributed by atoms with Crippen molar-refractivity contribution in [2.24, 2.45) is 23.3 Å². The fourth-order valence-corrected chi connectivity index (χ4v) is 2.42. The molecule has 0 aliphatic heterocycles. The van der Waals surface area contributed by atoms with E-state index < -0.39 is 17.9 Å². The molecule has 1 rings (SSSR count). The van der Waals surface area contributed by atoms with Gasteiger partial charge in [0, 0.05) is 13.0 Å². The summed E-state index contributed by atoms with van der Waals surface area (Å²) >= 11 is 0. The zero-order chi connectivity index (χ0) is 15.1. The summed E-state index contributed by atoms with van der Waals surface area (Å²) in [6, 6.07) is -0.724. The van der Waals surface area contributed by atoms with Crippen molar-refractivity contribution in [3.05, 3.63) is 0 Å². The summed E-state index contributed by atoms with van der Waals surface area (Å²) < 4.78 is 0. The van der Waals surface area contributed by atoms with Crippen LogP contribution in [0.3, 0.4) is 0 Å². The van der Waals surface area contributed by atoms with Crippen LogP contribution >= 0.6 is 0 Å². The number of rotatable bonds is 7. The van der Waals surface area contributed by atoms with Crippen LogP contribution in [0.2, 0.25) is 0 Å². The number of nitrogens with two attached hydrogens (primary N) is 2. The fourth-order valence-electron chi connectivity index (χ4n) is 2.42. The molecule has 0 bridgehead atoms. The van der Waals surface area contributed by atoms with Crippen LogP contribution in [0.5, 0.6) is 0 Å². The molecule has 7 nitrogen and oxygen atoms in total. The SMILES string of the molecule is NC(=O)CC[C@H](N)C(=O)NCC1CCC(C(=O)O)CC1. The minimum atomic E-state index is -0.735. The summed E-state index contributed by atoms with van der Waals surface area (Å²) in [6.07, 6.45) is 3.25. The van der Waals surface area contributed by atoms with Crippen LogP contribution in [0.4, 0.5) is 0 Å². The molecule has 6 N–H and O–H groups in total. The first kappa shape index (κ1) is 16.4. The Morgan fingerprint density at radius 3 is 2.30 bits per heavy atom. The van der Waals surface area contributed by atoms with Gasteiger partial charge in [0.25, 0.3) is 0 Å². The van der Waals surface area contributed by atoms with Gasteiger partial charge in [-0.2, -0.15) is 0 Å². The van der Waals surface area contributed by atoms with E-state index in [1.165, 1.54) is 0 Å². The molecule has 7 heteroatoms. The standard InChI is InChI=1S/C13H23N3O4/c14-10(5-6-11(15)17)12(18)16-7-8-1-3-9(4-2-8)13(19)20/h8-10H,1-7,14H2,(H2,15,17)(H,16,18)(H,19,20)/t8?,9?,10-/m0/s1. The molecule has 2 amide bonds. The van der Waals surface area contributed by atoms with Gasteiger partial charge in [0.05, 0.1) is 12.0 Å². The van der Waals surface area contributed by atoms with Gasteiger partial charge in [0.15, 0.2) is 0 Å². The Bertz CT molecular complexity index is 365. The van der Waals surface area contributed by atoms with E-state index in [2.05, 4.69) is 5.32 Å². The van der Waals surface area contributed by atoms with Crippen LogP contribution in [-0.4, -0.2) is 35.5 Å². The molecule has 0 aromatic rings. The highest BCUT2D eigenvalue weighted by Crippen LogP contribution is 2.28. The third-order valence-corrected chi connectivity index (χ3v) is 3.80. The van der Waals surface area contributed by atoms with E-state index in [0.29, 0.717) is 25.3 Å². The van der Waals surface area contributed by atoms with Gasteiger partial charge in [0.2, 0.25) is 11.8 Å². The molecule has 1 aliphatic rings. The van der Waals surface area contributed by atoms with Crippen molar-refractivity contribution in [1.82, 2.24) is 5.32 Å². The van der Waals surface area contributed by atoms with Crippen LogP contribution < -0.4 is 16.8 Å². The molecular weight excluding hydrogens is 262 g/mol. The van der Waals surface area contributed by atoms with Gasteiger partial charge in [0.1, 0.15) is 0 Å². The number of hydrogen-bond donors (Lipinski definition) is 4. The second kappa shape index (κ2) is 7.84. The van der Waals surface area contributed by atoms with Gasteiger partial charge >= 0.3 is 5.97 Å². The molecule has 0 unspecified atom stereocenters. The third-order valence-electron chi connectivity index (χ3n) is 3.80. The largest absolute Gasteiger partial charge is 0.481 e. The zero-order valence-electron chi connectivity index (χ0n) is 11.5. The number of carboxylic acids is 1. The summed E-state index contributed by atoms with van der Waals surface area (Å²) in [5.74, 6) is -1.44. The van der Waals surface area contributed by atoms with Gasteiger partial charge in [-0.25, -0.2) is 0 Å². The fraction of sp³-hybridized carbons (Fsp3) is 0.769. The molecule has 20 heavy (non-hydrogen) atoms. The predicted octanol–water partition coefficient (Wildman–Crippen LogP) is -0.414. The highest BCUT2D eigenvalue weighted by Gasteiger charge is 2.26. The molecule has 0 aromatic heterocycles. The van der Waals surface area contributed by atoms with Gasteiger partial charge in [-0.3, -0.25) is 14.4 Å². The van der Waals surface area contributed by atoms with E-state index in [1.54, 1.807) is 0 Å². The third kappa shape index (κ3) is 5.56. The molecule has 0 saturated heterocycles. The van der Waals surface area contributed by atoms with Crippen molar-refractivity contribution in [1.29, 1.82) is 0 Å². The van der Waals surface area contributed by atoms with Crippen molar-refractivity contribution < 1.29 is 19.5 Å². The number of carbonyl (C=O) groups is 3. The van der Waals surface area contributed by atoms with Gasteiger partial charge in [-0.05, 0) is 38.0 Å². The van der Waals surface area contributed by atoms with E-state index in [9.17, 15) is 14.4 Å². The first-order valence-electron chi connectivity index (χ1n) is 6.94. The molecule has 1 saturated carbocycles. The average molecular weight is 285 g/mol. The highest BCUT2D eigenvalue weighted by atomic mass is 16.4. The van der Waals surface area contributed by atoms with Crippen LogP contribution in [-0.2, 0) is 14.4 Å². The quantitative estimate of drug-likeness (QED) is 0.504. The molecule has 0 spiro atoms. The Kier molecular flexibility index (Phi) is 6.44. The molecule has 1 fully saturated rings. The molecule has 0 heterocycles. The van der Waals surface area contributed by atoms with Crippen molar-refractivity contribution >= 4 is 17.8 Å². The topological polar surface area (TPSA) is 136 Å². The number of carbonyl (C=O) groups excluding carboxylic acids is 2. The molecule has 0 aromatic carbocycles. The lowest BCUT2D eigenvalue weighted by molar-refractivity contribution is -0.143. The van der Waals surface area contributed by atoms with Crippen molar-refractivity contribution in [3.63, 3.8) is 0 Å². The summed E-state index contributed by atoms with van der Waals surface area (Å²) in [6.45, 7) is 0.509. The number of primary amides is 1. The monoisotopic (exact) mass is 285 g/mol. The van der Waals surface area contributed by atoms with E-state index in [-0.39, 0.29) is 24.7 Å². The Balaban J connectivity index is 2.21. The number of nitrogens with one attached hydrogen (secondary N) is 1. The van der Waals surface area contributed by atoms with Gasteiger partial charge < -0.3 is 21.9 Å². The molecular formula is C13H23N3O4. The summed E-state index contributed by atoms with van der Waals surface area (Å²) in [7, 11) is 0. The lowest BCUT2D eigenvalue weighted by Crippen LogP contribution is -2.43. The van der Waals surface area contributed by atoms with Crippen LogP contribution in [0.25, 0.3) is 0 Å². The number of carboxylic acid groups (broad SMARTS) is 1. The van der Waals surface area contributed by atoms with Crippen LogP contribution in [0.1, 0.15) is 38.5 Å². The number of hydrogen-bond acceptors (Lipinski definition) is 4. The van der Waals surface area contributed by atoms with Gasteiger partial charge in [-0.1, -0.05) is 0 Å². The van der Waals surface area contributed by atoms with Crippen LogP contribution in [0.15, 0.2) is 0 Å². The smallest absolute Gasteiger partial charge is 0.306 e. The highest BCUT2D eigenvalue weighted by molar-refractivity contribution is 5.82. The minimum absolute atomic E-state index is 0.0955. The molecule has 114 valence electrons. The average Bonchev–Trinajstić information content (AvgIpc) is 2.42. The van der Waals surface area contributed by atoms with Crippen molar-refractivity contribution in [2.75, 3.05) is 6.54 Å². The zero-order valence-corrected chi connectivity index (χ0v) is 11.5. The summed E-state index contributed by atoms with van der Waals surface area (Å²) in [5.41, 5.74) is 10.6. The van der Waals surface area contributed by atoms with Crippen molar-refractivity contribution in [3.8, 4) is 0 Å². The second-order valence-electron chi connectivity index (χ2n) is 5.41. The second-order valence-corrected chi connectivity index (χ2v) is 5.41. The van der Waals surface area contributed by atoms with Crippen molar-refractivity contribution in [2.45, 2.75) is 44.6 Å². The maximum absolute atomic E-state index is 11.7. The lowest BCUT2D eigenvalue weighted by atomic mass is 9.82. The summed E-state index contributed by atoms with van der Waals surface area (Å²) in [5, 5.41) is 11.7. The van der Waals surface area contributed by atoms with Crippen LogP contribution in [0, 0.1) is 11.8 Å². The first-order chi connectivity index (χ1) is 9.40. The predicted molar refractivity (Wildman–Crippen MR) is 72.5 cm³/mol. The Morgan fingerprint density at radius 1 is 1.20 bits per heavy atom. The maximum atomic E-state index is 11.7. The van der Waals surface area contributed by atoms with E-state index in [4.69, 9.17) is 16.6 Å². The molecule has 1 atom stereocenters. The molecule has 0 radical (unpaired) electrons. The lowest BCUT2D eigenvalue weighted by Gasteiger charge is -2.26. The van der Waals surface area contributed by atoms with E-state index in [1.807, 2.05) is 0 Å². The Hall–Kier alpha value is -1.63. The molecule has 1 aliphatic carbocycles. The Labute approximate surface area is 118 Å².